The van der Waals surface area contributed by atoms with Crippen molar-refractivity contribution in [2.45, 2.75) is 18.9 Å². The first kappa shape index (κ1) is 9.53. The average Bonchev–Trinajstić information content (AvgIpc) is 2.96. The molecule has 0 spiro atoms. The van der Waals surface area contributed by atoms with E-state index < -0.39 is 0 Å². The second-order valence-electron chi connectivity index (χ2n) is 3.85. The molecule has 3 rings (SSSR count). The number of ether oxygens (including phenoxy) is 1. The third-order valence-electron chi connectivity index (χ3n) is 2.69. The van der Waals surface area contributed by atoms with Crippen LogP contribution in [0.25, 0.3) is 11.5 Å². The molecule has 6 nitrogen and oxygen atoms in total. The van der Waals surface area contributed by atoms with Gasteiger partial charge in [-0.3, -0.25) is 0 Å². The monoisotopic (exact) mass is 220 g/mol. The summed E-state index contributed by atoms with van der Waals surface area (Å²) >= 11 is 0. The Morgan fingerprint density at radius 2 is 2.44 bits per heavy atom. The van der Waals surface area contributed by atoms with Gasteiger partial charge in [-0.15, -0.1) is 0 Å². The molecule has 0 N–H and O–H groups in total. The lowest BCUT2D eigenvalue weighted by atomic mass is 10.2. The Morgan fingerprint density at radius 1 is 1.50 bits per heavy atom. The third kappa shape index (κ3) is 1.51. The van der Waals surface area contributed by atoms with Crippen LogP contribution in [0.4, 0.5) is 0 Å². The second-order valence-corrected chi connectivity index (χ2v) is 3.85. The van der Waals surface area contributed by atoms with Gasteiger partial charge in [0.15, 0.2) is 0 Å². The van der Waals surface area contributed by atoms with Gasteiger partial charge in [0.25, 0.3) is 5.89 Å². The maximum atomic E-state index is 5.48. The smallest absolute Gasteiger partial charge is 0.256 e. The lowest BCUT2D eigenvalue weighted by molar-refractivity contribution is 0.0835. The Bertz CT molecular complexity index is 484. The topological polar surface area (TPSA) is 66.0 Å². The van der Waals surface area contributed by atoms with Gasteiger partial charge in [-0.1, -0.05) is 5.16 Å². The van der Waals surface area contributed by atoms with Gasteiger partial charge in [0.1, 0.15) is 11.8 Å². The molecule has 1 aliphatic rings. The van der Waals surface area contributed by atoms with Crippen LogP contribution in [-0.4, -0.2) is 26.3 Å². The van der Waals surface area contributed by atoms with E-state index in [4.69, 9.17) is 9.26 Å². The summed E-state index contributed by atoms with van der Waals surface area (Å²) in [4.78, 5) is 8.35. The first-order valence-corrected chi connectivity index (χ1v) is 5.26. The summed E-state index contributed by atoms with van der Waals surface area (Å²) in [5.41, 5.74) is 0.841. The zero-order valence-electron chi connectivity index (χ0n) is 8.96. The maximum absolute atomic E-state index is 5.48. The molecule has 0 bridgehead atoms. The summed E-state index contributed by atoms with van der Waals surface area (Å²) in [6.45, 7) is 0.772. The van der Waals surface area contributed by atoms with Crippen LogP contribution in [0.2, 0.25) is 0 Å². The fourth-order valence-corrected chi connectivity index (χ4v) is 1.82. The first-order chi connectivity index (χ1) is 7.84. The Kier molecular flexibility index (Phi) is 2.21. The molecule has 1 aliphatic heterocycles. The molecule has 0 radical (unpaired) electrons. The number of imidazole rings is 1. The standard InChI is InChI=1S/C10H12N4O2/c1-14-6-11-5-7(14)9-12-10(16-13-9)8-3-2-4-15-8/h5-6,8H,2-4H2,1H3. The third-order valence-corrected chi connectivity index (χ3v) is 2.69. The van der Waals surface area contributed by atoms with Crippen molar-refractivity contribution in [3.05, 3.63) is 18.4 Å². The van der Waals surface area contributed by atoms with Crippen molar-refractivity contribution in [3.63, 3.8) is 0 Å². The summed E-state index contributed by atoms with van der Waals surface area (Å²) in [7, 11) is 1.89. The highest BCUT2D eigenvalue weighted by Crippen LogP contribution is 2.28. The Balaban J connectivity index is 1.90. The van der Waals surface area contributed by atoms with Gasteiger partial charge in [-0.25, -0.2) is 4.98 Å². The fraction of sp³-hybridized carbons (Fsp3) is 0.500. The number of aromatic nitrogens is 4. The van der Waals surface area contributed by atoms with E-state index in [1.807, 2.05) is 11.6 Å². The van der Waals surface area contributed by atoms with Crippen molar-refractivity contribution in [2.75, 3.05) is 6.61 Å². The highest BCUT2D eigenvalue weighted by Gasteiger charge is 2.24. The lowest BCUT2D eigenvalue weighted by Gasteiger charge is -2.00. The zero-order chi connectivity index (χ0) is 11.0. The van der Waals surface area contributed by atoms with Crippen LogP contribution in [0.15, 0.2) is 17.0 Å². The molecule has 1 fully saturated rings. The molecular formula is C10H12N4O2. The molecule has 3 heterocycles. The summed E-state index contributed by atoms with van der Waals surface area (Å²) in [5, 5.41) is 3.94. The fourth-order valence-electron chi connectivity index (χ4n) is 1.82. The van der Waals surface area contributed by atoms with Crippen molar-refractivity contribution < 1.29 is 9.26 Å². The summed E-state index contributed by atoms with van der Waals surface area (Å²) < 4.78 is 12.5. The highest BCUT2D eigenvalue weighted by atomic mass is 16.5. The Morgan fingerprint density at radius 3 is 3.12 bits per heavy atom. The van der Waals surface area contributed by atoms with E-state index in [0.717, 1.165) is 25.1 Å². The molecule has 2 aromatic rings. The predicted octanol–water partition coefficient (Wildman–Crippen LogP) is 1.32. The molecule has 1 saturated heterocycles. The van der Waals surface area contributed by atoms with Crippen LogP contribution in [0, 0.1) is 0 Å². The molecule has 0 aromatic carbocycles. The van der Waals surface area contributed by atoms with Gasteiger partial charge in [-0.2, -0.15) is 4.98 Å². The minimum absolute atomic E-state index is 0.0329. The Labute approximate surface area is 92.2 Å². The minimum Gasteiger partial charge on any atom is -0.368 e. The number of hydrogen-bond acceptors (Lipinski definition) is 5. The van der Waals surface area contributed by atoms with Crippen LogP contribution in [-0.2, 0) is 11.8 Å². The summed E-state index contributed by atoms with van der Waals surface area (Å²) in [5.74, 6) is 1.12. The van der Waals surface area contributed by atoms with E-state index >= 15 is 0 Å². The zero-order valence-corrected chi connectivity index (χ0v) is 8.96. The van der Waals surface area contributed by atoms with Gasteiger partial charge >= 0.3 is 0 Å². The van der Waals surface area contributed by atoms with Crippen LogP contribution in [0.1, 0.15) is 24.8 Å². The van der Waals surface area contributed by atoms with E-state index in [1.165, 1.54) is 0 Å². The van der Waals surface area contributed by atoms with Gasteiger partial charge in [0.05, 0.1) is 12.5 Å². The summed E-state index contributed by atoms with van der Waals surface area (Å²) in [6, 6.07) is 0. The molecule has 16 heavy (non-hydrogen) atoms. The number of hydrogen-bond donors (Lipinski definition) is 0. The van der Waals surface area contributed by atoms with Crippen molar-refractivity contribution in [1.82, 2.24) is 19.7 Å². The molecular weight excluding hydrogens is 208 g/mol. The molecule has 0 saturated carbocycles. The van der Waals surface area contributed by atoms with E-state index in [9.17, 15) is 0 Å². The molecule has 0 aliphatic carbocycles. The van der Waals surface area contributed by atoms with Gasteiger partial charge in [-0.05, 0) is 12.8 Å². The molecule has 0 amide bonds. The molecule has 1 atom stereocenters. The Hall–Kier alpha value is -1.69. The lowest BCUT2D eigenvalue weighted by Crippen LogP contribution is -1.96. The summed E-state index contributed by atoms with van der Waals surface area (Å²) in [6.07, 6.45) is 5.39. The van der Waals surface area contributed by atoms with Crippen molar-refractivity contribution in [3.8, 4) is 11.5 Å². The SMILES string of the molecule is Cn1cncc1-c1noc(C2CCCO2)n1. The second kappa shape index (κ2) is 3.71. The molecule has 84 valence electrons. The van der Waals surface area contributed by atoms with Crippen LogP contribution in [0.3, 0.4) is 0 Å². The number of aryl methyl sites for hydroxylation is 1. The predicted molar refractivity (Wildman–Crippen MR) is 54.4 cm³/mol. The maximum Gasteiger partial charge on any atom is 0.256 e. The van der Waals surface area contributed by atoms with Gasteiger partial charge < -0.3 is 13.8 Å². The molecule has 1 unspecified atom stereocenters. The van der Waals surface area contributed by atoms with Crippen molar-refractivity contribution in [1.29, 1.82) is 0 Å². The van der Waals surface area contributed by atoms with E-state index in [2.05, 4.69) is 15.1 Å². The van der Waals surface area contributed by atoms with Crippen molar-refractivity contribution in [2.24, 2.45) is 7.05 Å². The van der Waals surface area contributed by atoms with E-state index in [0.29, 0.717) is 11.7 Å². The highest BCUT2D eigenvalue weighted by molar-refractivity contribution is 5.47. The molecule has 2 aromatic heterocycles. The van der Waals surface area contributed by atoms with Crippen LogP contribution in [0.5, 0.6) is 0 Å². The van der Waals surface area contributed by atoms with Crippen molar-refractivity contribution >= 4 is 0 Å². The minimum atomic E-state index is -0.0329. The van der Waals surface area contributed by atoms with Crippen LogP contribution >= 0.6 is 0 Å². The van der Waals surface area contributed by atoms with Crippen LogP contribution < -0.4 is 0 Å². The van der Waals surface area contributed by atoms with E-state index in [1.54, 1.807) is 12.5 Å². The normalized spacial score (nSPS) is 20.4. The first-order valence-electron chi connectivity index (χ1n) is 5.26. The van der Waals surface area contributed by atoms with E-state index in [-0.39, 0.29) is 6.10 Å². The largest absolute Gasteiger partial charge is 0.368 e. The van der Waals surface area contributed by atoms with Gasteiger partial charge in [0, 0.05) is 13.7 Å². The average molecular weight is 220 g/mol. The quantitative estimate of drug-likeness (QED) is 0.763. The molecule has 6 heteroatoms. The van der Waals surface area contributed by atoms with Gasteiger partial charge in [0.2, 0.25) is 5.82 Å². The number of nitrogens with zero attached hydrogens (tertiary/aromatic N) is 4. The number of rotatable bonds is 2.